The van der Waals surface area contributed by atoms with Crippen molar-refractivity contribution in [2.45, 2.75) is 0 Å². The second-order valence-corrected chi connectivity index (χ2v) is 3.72. The highest BCUT2D eigenvalue weighted by atomic mass is 32.1. The molecule has 1 aromatic carbocycles. The molecular weight excluding hydrogens is 208 g/mol. The number of furan rings is 1. The molecule has 0 saturated carbocycles. The van der Waals surface area contributed by atoms with Gasteiger partial charge < -0.3 is 9.52 Å². The van der Waals surface area contributed by atoms with Crippen LogP contribution in [0.15, 0.2) is 57.8 Å². The number of fused-ring (bicyclic) bond motifs is 1. The summed E-state index contributed by atoms with van der Waals surface area (Å²) in [5.74, 6) is 0.361. The van der Waals surface area contributed by atoms with Crippen molar-refractivity contribution in [3.05, 3.63) is 53.4 Å². The van der Waals surface area contributed by atoms with Crippen LogP contribution in [0.4, 0.5) is 0 Å². The summed E-state index contributed by atoms with van der Waals surface area (Å²) in [6, 6.07) is 11.6. The molecule has 0 saturated heterocycles. The van der Waals surface area contributed by atoms with E-state index < -0.39 is 0 Å². The van der Waals surface area contributed by atoms with E-state index in [1.807, 2.05) is 35.7 Å². The Bertz CT molecular complexity index is 481. The molecule has 3 aromatic rings. The number of para-hydroxylation sites is 1. The van der Waals surface area contributed by atoms with Gasteiger partial charge in [-0.15, -0.1) is 11.3 Å². The van der Waals surface area contributed by atoms with Gasteiger partial charge in [-0.1, -0.05) is 18.2 Å². The zero-order chi connectivity index (χ0) is 10.5. The number of hydrogen-bond acceptors (Lipinski definition) is 3. The van der Waals surface area contributed by atoms with Crippen molar-refractivity contribution in [3.63, 3.8) is 0 Å². The van der Waals surface area contributed by atoms with Gasteiger partial charge >= 0.3 is 0 Å². The van der Waals surface area contributed by atoms with Gasteiger partial charge in [0.2, 0.25) is 0 Å². The Balaban J connectivity index is 0.000000124. The predicted molar refractivity (Wildman–Crippen MR) is 62.2 cm³/mol. The molecule has 3 heteroatoms. The Hall–Kier alpha value is -1.74. The average molecular weight is 218 g/mol. The smallest absolute Gasteiger partial charge is 0.133 e. The van der Waals surface area contributed by atoms with E-state index in [1.54, 1.807) is 17.7 Å². The molecule has 2 aromatic heterocycles. The van der Waals surface area contributed by atoms with Gasteiger partial charge in [0, 0.05) is 10.8 Å². The summed E-state index contributed by atoms with van der Waals surface area (Å²) in [5.41, 5.74) is 0.956. The van der Waals surface area contributed by atoms with E-state index in [0.717, 1.165) is 11.0 Å². The van der Waals surface area contributed by atoms with Crippen LogP contribution in [0, 0.1) is 0 Å². The van der Waals surface area contributed by atoms with Crippen molar-refractivity contribution in [3.8, 4) is 5.75 Å². The molecule has 0 aliphatic carbocycles. The molecule has 2 heterocycles. The molecule has 0 bridgehead atoms. The van der Waals surface area contributed by atoms with E-state index in [2.05, 4.69) is 0 Å². The zero-order valence-corrected chi connectivity index (χ0v) is 8.78. The first kappa shape index (κ1) is 9.80. The molecule has 1 N–H and O–H groups in total. The molecule has 0 amide bonds. The second kappa shape index (κ2) is 4.66. The molecule has 0 spiro atoms. The first-order valence-corrected chi connectivity index (χ1v) is 5.44. The topological polar surface area (TPSA) is 33.4 Å². The van der Waals surface area contributed by atoms with Crippen molar-refractivity contribution >= 4 is 22.3 Å². The number of aromatic hydroxyl groups is 1. The minimum Gasteiger partial charge on any atom is -0.507 e. The van der Waals surface area contributed by atoms with Crippen LogP contribution in [0.5, 0.6) is 5.75 Å². The lowest BCUT2D eigenvalue weighted by atomic mass is 10.3. The van der Waals surface area contributed by atoms with Crippen LogP contribution in [0.2, 0.25) is 0 Å². The van der Waals surface area contributed by atoms with E-state index in [0.29, 0.717) is 5.75 Å². The quantitative estimate of drug-likeness (QED) is 0.621. The van der Waals surface area contributed by atoms with Crippen molar-refractivity contribution in [2.75, 3.05) is 0 Å². The Kier molecular flexibility index (Phi) is 3.05. The van der Waals surface area contributed by atoms with E-state index in [9.17, 15) is 0 Å². The standard InChI is InChI=1S/C8H6O.C4H4OS/c1-2-4-8-7(3-1)5-6-9-8;5-4-1-2-6-3-4/h1-6H;1-3,5H. The lowest BCUT2D eigenvalue weighted by Crippen LogP contribution is -1.57. The van der Waals surface area contributed by atoms with Crippen molar-refractivity contribution in [1.82, 2.24) is 0 Å². The Morgan fingerprint density at radius 2 is 1.93 bits per heavy atom. The second-order valence-electron chi connectivity index (χ2n) is 2.94. The van der Waals surface area contributed by atoms with Gasteiger partial charge in [-0.05, 0) is 23.6 Å². The molecule has 3 rings (SSSR count). The predicted octanol–water partition coefficient (Wildman–Crippen LogP) is 3.89. The number of benzene rings is 1. The van der Waals surface area contributed by atoms with Crippen LogP contribution in [-0.2, 0) is 0 Å². The van der Waals surface area contributed by atoms with E-state index in [4.69, 9.17) is 9.52 Å². The average Bonchev–Trinajstić information content (AvgIpc) is 2.88. The Morgan fingerprint density at radius 3 is 2.53 bits per heavy atom. The summed E-state index contributed by atoms with van der Waals surface area (Å²) in [4.78, 5) is 0. The lowest BCUT2D eigenvalue weighted by molar-refractivity contribution is 0.478. The summed E-state index contributed by atoms with van der Waals surface area (Å²) in [5, 5.41) is 13.2. The highest BCUT2D eigenvalue weighted by Gasteiger charge is 1.89. The van der Waals surface area contributed by atoms with Crippen molar-refractivity contribution < 1.29 is 9.52 Å². The fourth-order valence-corrected chi connectivity index (χ4v) is 1.68. The summed E-state index contributed by atoms with van der Waals surface area (Å²) in [6.07, 6.45) is 1.70. The SMILES string of the molecule is Oc1ccsc1.c1ccc2occc2c1. The van der Waals surface area contributed by atoms with Crippen LogP contribution in [0.3, 0.4) is 0 Å². The fraction of sp³-hybridized carbons (Fsp3) is 0. The highest BCUT2D eigenvalue weighted by Crippen LogP contribution is 2.12. The minimum atomic E-state index is 0.361. The minimum absolute atomic E-state index is 0.361. The number of hydrogen-bond donors (Lipinski definition) is 1. The van der Waals surface area contributed by atoms with Crippen molar-refractivity contribution in [1.29, 1.82) is 0 Å². The first-order chi connectivity index (χ1) is 7.36. The molecule has 0 aliphatic rings. The third kappa shape index (κ3) is 2.60. The van der Waals surface area contributed by atoms with Gasteiger partial charge in [0.15, 0.2) is 0 Å². The molecule has 0 fully saturated rings. The van der Waals surface area contributed by atoms with Crippen LogP contribution >= 0.6 is 11.3 Å². The van der Waals surface area contributed by atoms with Gasteiger partial charge in [-0.3, -0.25) is 0 Å². The lowest BCUT2D eigenvalue weighted by Gasteiger charge is -1.81. The number of thiophene rings is 1. The van der Waals surface area contributed by atoms with Gasteiger partial charge in [0.1, 0.15) is 11.3 Å². The van der Waals surface area contributed by atoms with E-state index >= 15 is 0 Å². The summed E-state index contributed by atoms with van der Waals surface area (Å²) < 4.78 is 5.12. The van der Waals surface area contributed by atoms with Crippen LogP contribution in [-0.4, -0.2) is 5.11 Å². The normalized spacial score (nSPS) is 9.60. The maximum absolute atomic E-state index is 8.48. The zero-order valence-electron chi connectivity index (χ0n) is 7.96. The maximum atomic E-state index is 8.48. The molecule has 15 heavy (non-hydrogen) atoms. The monoisotopic (exact) mass is 218 g/mol. The third-order valence-electron chi connectivity index (χ3n) is 1.87. The Labute approximate surface area is 91.4 Å². The van der Waals surface area contributed by atoms with E-state index in [1.165, 1.54) is 11.3 Å². The van der Waals surface area contributed by atoms with Gasteiger partial charge in [0.25, 0.3) is 0 Å². The van der Waals surface area contributed by atoms with Gasteiger partial charge in [-0.25, -0.2) is 0 Å². The molecule has 2 nitrogen and oxygen atoms in total. The molecule has 0 radical (unpaired) electrons. The molecular formula is C12H10O2S. The van der Waals surface area contributed by atoms with Crippen LogP contribution in [0.1, 0.15) is 0 Å². The molecule has 0 atom stereocenters. The van der Waals surface area contributed by atoms with Crippen LogP contribution in [0.25, 0.3) is 11.0 Å². The maximum Gasteiger partial charge on any atom is 0.133 e. The Morgan fingerprint density at radius 1 is 1.07 bits per heavy atom. The van der Waals surface area contributed by atoms with E-state index in [-0.39, 0.29) is 0 Å². The van der Waals surface area contributed by atoms with Gasteiger partial charge in [0.05, 0.1) is 6.26 Å². The van der Waals surface area contributed by atoms with Gasteiger partial charge in [-0.2, -0.15) is 0 Å². The third-order valence-corrected chi connectivity index (χ3v) is 2.54. The van der Waals surface area contributed by atoms with Crippen LogP contribution < -0.4 is 0 Å². The number of rotatable bonds is 0. The largest absolute Gasteiger partial charge is 0.507 e. The molecule has 76 valence electrons. The summed E-state index contributed by atoms with van der Waals surface area (Å²) in [6.45, 7) is 0. The highest BCUT2D eigenvalue weighted by molar-refractivity contribution is 7.08. The van der Waals surface area contributed by atoms with Crippen molar-refractivity contribution in [2.24, 2.45) is 0 Å². The first-order valence-electron chi connectivity index (χ1n) is 4.49. The fourth-order valence-electron chi connectivity index (χ4n) is 1.16. The molecule has 0 aliphatic heterocycles. The summed E-state index contributed by atoms with van der Waals surface area (Å²) in [7, 11) is 0. The molecule has 0 unspecified atom stereocenters. The summed E-state index contributed by atoms with van der Waals surface area (Å²) >= 11 is 1.49.